The summed E-state index contributed by atoms with van der Waals surface area (Å²) in [6.45, 7) is 0. The molecule has 0 bridgehead atoms. The highest BCUT2D eigenvalue weighted by atomic mass is 19.1. The standard InChI is InChI=1S/C13H11FN2O3/c14-11-7-9(16-13(17)18)3-6-12(11)19-10-4-1-8(15)2-5-10/h1-7,16H,15H2,(H,17,18). The lowest BCUT2D eigenvalue weighted by molar-refractivity contribution is 0.209. The van der Waals surface area contributed by atoms with Crippen LogP contribution in [0, 0.1) is 5.82 Å². The van der Waals surface area contributed by atoms with Crippen molar-refractivity contribution in [1.82, 2.24) is 0 Å². The van der Waals surface area contributed by atoms with Gasteiger partial charge in [-0.3, -0.25) is 5.32 Å². The van der Waals surface area contributed by atoms with E-state index in [2.05, 4.69) is 0 Å². The van der Waals surface area contributed by atoms with Gasteiger partial charge in [0, 0.05) is 17.4 Å². The molecule has 0 saturated carbocycles. The van der Waals surface area contributed by atoms with Gasteiger partial charge < -0.3 is 15.6 Å². The average molecular weight is 262 g/mol. The first-order chi connectivity index (χ1) is 9.04. The van der Waals surface area contributed by atoms with Gasteiger partial charge in [-0.25, -0.2) is 9.18 Å². The molecule has 0 unspecified atom stereocenters. The number of carboxylic acid groups (broad SMARTS) is 1. The molecule has 2 aromatic rings. The fraction of sp³-hybridized carbons (Fsp3) is 0. The van der Waals surface area contributed by atoms with Gasteiger partial charge in [0.15, 0.2) is 11.6 Å². The lowest BCUT2D eigenvalue weighted by atomic mass is 10.2. The van der Waals surface area contributed by atoms with Crippen molar-refractivity contribution < 1.29 is 19.0 Å². The molecule has 19 heavy (non-hydrogen) atoms. The van der Waals surface area contributed by atoms with Gasteiger partial charge in [-0.05, 0) is 36.4 Å². The molecule has 0 spiro atoms. The summed E-state index contributed by atoms with van der Waals surface area (Å²) in [5.74, 6) is -0.226. The van der Waals surface area contributed by atoms with Crippen molar-refractivity contribution >= 4 is 17.5 Å². The van der Waals surface area contributed by atoms with E-state index in [9.17, 15) is 9.18 Å². The third kappa shape index (κ3) is 3.35. The van der Waals surface area contributed by atoms with E-state index in [1.807, 2.05) is 5.32 Å². The van der Waals surface area contributed by atoms with Crippen LogP contribution in [0.5, 0.6) is 11.5 Å². The summed E-state index contributed by atoms with van der Waals surface area (Å²) in [4.78, 5) is 10.4. The zero-order valence-electron chi connectivity index (χ0n) is 9.76. The zero-order chi connectivity index (χ0) is 13.8. The Balaban J connectivity index is 2.17. The van der Waals surface area contributed by atoms with E-state index in [-0.39, 0.29) is 11.4 Å². The minimum atomic E-state index is -1.26. The van der Waals surface area contributed by atoms with Crippen LogP contribution in [0.25, 0.3) is 0 Å². The number of ether oxygens (including phenoxy) is 1. The van der Waals surface area contributed by atoms with Crippen molar-refractivity contribution in [1.29, 1.82) is 0 Å². The van der Waals surface area contributed by atoms with E-state index in [1.165, 1.54) is 12.1 Å². The summed E-state index contributed by atoms with van der Waals surface area (Å²) in [5, 5.41) is 10.6. The largest absolute Gasteiger partial charge is 0.465 e. The van der Waals surface area contributed by atoms with Gasteiger partial charge in [0.05, 0.1) is 0 Å². The molecule has 2 aromatic carbocycles. The monoisotopic (exact) mass is 262 g/mol. The summed E-state index contributed by atoms with van der Waals surface area (Å²) in [5.41, 5.74) is 6.23. The van der Waals surface area contributed by atoms with E-state index >= 15 is 0 Å². The summed E-state index contributed by atoms with van der Waals surface area (Å²) in [7, 11) is 0. The Labute approximate surface area is 108 Å². The summed E-state index contributed by atoms with van der Waals surface area (Å²) < 4.78 is 19.0. The van der Waals surface area contributed by atoms with Crippen LogP contribution >= 0.6 is 0 Å². The highest BCUT2D eigenvalue weighted by Crippen LogP contribution is 2.27. The molecule has 6 heteroatoms. The Hall–Kier alpha value is -2.76. The van der Waals surface area contributed by atoms with E-state index in [0.717, 1.165) is 6.07 Å². The van der Waals surface area contributed by atoms with Crippen LogP contribution < -0.4 is 15.8 Å². The number of hydrogen-bond acceptors (Lipinski definition) is 3. The summed E-state index contributed by atoms with van der Waals surface area (Å²) >= 11 is 0. The first-order valence-electron chi connectivity index (χ1n) is 5.37. The van der Waals surface area contributed by atoms with Gasteiger partial charge in [0.2, 0.25) is 0 Å². The lowest BCUT2D eigenvalue weighted by Gasteiger charge is -2.08. The van der Waals surface area contributed by atoms with Gasteiger partial charge in [-0.1, -0.05) is 0 Å². The number of benzene rings is 2. The highest BCUT2D eigenvalue weighted by molar-refractivity contribution is 5.82. The number of anilines is 2. The molecule has 98 valence electrons. The second-order valence-corrected chi connectivity index (χ2v) is 3.75. The number of carbonyl (C=O) groups is 1. The predicted octanol–water partition coefficient (Wildman–Crippen LogP) is 3.29. The third-order valence-corrected chi connectivity index (χ3v) is 2.29. The normalized spacial score (nSPS) is 9.95. The number of hydrogen-bond donors (Lipinski definition) is 3. The fourth-order valence-electron chi connectivity index (χ4n) is 1.45. The van der Waals surface area contributed by atoms with E-state index < -0.39 is 11.9 Å². The van der Waals surface area contributed by atoms with Crippen LogP contribution in [0.3, 0.4) is 0 Å². The van der Waals surface area contributed by atoms with Gasteiger partial charge >= 0.3 is 6.09 Å². The Bertz CT molecular complexity index is 599. The first kappa shape index (κ1) is 12.7. The molecule has 0 aromatic heterocycles. The molecule has 0 aliphatic heterocycles. The molecule has 2 rings (SSSR count). The predicted molar refractivity (Wildman–Crippen MR) is 69.0 cm³/mol. The van der Waals surface area contributed by atoms with Gasteiger partial charge in [-0.15, -0.1) is 0 Å². The molecule has 0 saturated heterocycles. The Kier molecular flexibility index (Phi) is 3.51. The van der Waals surface area contributed by atoms with Gasteiger partial charge in [-0.2, -0.15) is 0 Å². The maximum Gasteiger partial charge on any atom is 0.409 e. The quantitative estimate of drug-likeness (QED) is 0.741. The summed E-state index contributed by atoms with van der Waals surface area (Å²) in [6, 6.07) is 10.3. The molecule has 0 atom stereocenters. The van der Waals surface area contributed by atoms with Crippen molar-refractivity contribution in [3.63, 3.8) is 0 Å². The van der Waals surface area contributed by atoms with E-state index in [0.29, 0.717) is 11.4 Å². The van der Waals surface area contributed by atoms with E-state index in [4.69, 9.17) is 15.6 Å². The number of amides is 1. The van der Waals surface area contributed by atoms with Crippen molar-refractivity contribution in [2.45, 2.75) is 0 Å². The molecule has 0 fully saturated rings. The van der Waals surface area contributed by atoms with Crippen LogP contribution in [-0.2, 0) is 0 Å². The minimum absolute atomic E-state index is 0.000658. The van der Waals surface area contributed by atoms with Crippen LogP contribution in [0.4, 0.5) is 20.6 Å². The SMILES string of the molecule is Nc1ccc(Oc2ccc(NC(=O)O)cc2F)cc1. The molecule has 0 heterocycles. The van der Waals surface area contributed by atoms with Crippen LogP contribution in [0.1, 0.15) is 0 Å². The molecule has 0 aliphatic carbocycles. The van der Waals surface area contributed by atoms with Crippen molar-refractivity contribution in [3.8, 4) is 11.5 Å². The third-order valence-electron chi connectivity index (χ3n) is 2.29. The minimum Gasteiger partial charge on any atom is -0.465 e. The number of nitrogens with one attached hydrogen (secondary N) is 1. The van der Waals surface area contributed by atoms with E-state index in [1.54, 1.807) is 24.3 Å². The zero-order valence-corrected chi connectivity index (χ0v) is 9.76. The molecule has 0 radical (unpaired) electrons. The van der Waals surface area contributed by atoms with Crippen LogP contribution in [0.2, 0.25) is 0 Å². The maximum absolute atomic E-state index is 13.7. The van der Waals surface area contributed by atoms with Crippen LogP contribution in [-0.4, -0.2) is 11.2 Å². The van der Waals surface area contributed by atoms with Crippen molar-refractivity contribution in [2.24, 2.45) is 0 Å². The van der Waals surface area contributed by atoms with Crippen molar-refractivity contribution in [3.05, 3.63) is 48.3 Å². The number of halogens is 1. The molecular formula is C13H11FN2O3. The second-order valence-electron chi connectivity index (χ2n) is 3.75. The number of rotatable bonds is 3. The highest BCUT2D eigenvalue weighted by Gasteiger charge is 2.07. The van der Waals surface area contributed by atoms with Gasteiger partial charge in [0.25, 0.3) is 0 Å². The molecule has 4 N–H and O–H groups in total. The molecule has 1 amide bonds. The lowest BCUT2D eigenvalue weighted by Crippen LogP contribution is -2.07. The molecule has 0 aliphatic rings. The fourth-order valence-corrected chi connectivity index (χ4v) is 1.45. The first-order valence-corrected chi connectivity index (χ1v) is 5.37. The maximum atomic E-state index is 13.7. The van der Waals surface area contributed by atoms with Crippen LogP contribution in [0.15, 0.2) is 42.5 Å². The van der Waals surface area contributed by atoms with Crippen molar-refractivity contribution in [2.75, 3.05) is 11.1 Å². The Morgan fingerprint density at radius 1 is 1.21 bits per heavy atom. The Morgan fingerprint density at radius 3 is 2.47 bits per heavy atom. The smallest absolute Gasteiger partial charge is 0.409 e. The molecular weight excluding hydrogens is 251 g/mol. The Morgan fingerprint density at radius 2 is 1.89 bits per heavy atom. The number of nitrogen functional groups attached to an aromatic ring is 1. The average Bonchev–Trinajstić information content (AvgIpc) is 2.34. The topological polar surface area (TPSA) is 84.6 Å². The van der Waals surface area contributed by atoms with Gasteiger partial charge in [0.1, 0.15) is 5.75 Å². The second kappa shape index (κ2) is 5.26. The molecule has 5 nitrogen and oxygen atoms in total. The summed E-state index contributed by atoms with van der Waals surface area (Å²) in [6.07, 6.45) is -1.26. The number of nitrogens with two attached hydrogens (primary N) is 1.